The SMILES string of the molecule is CC/C=C\C/C=C\C/C=C\C/C=C\CCCCC(=O)OC(/C=C\C/C=C\CCCCC)CCCCCCC(=O)NCC(=O)NC(CO)C(=O)O. The van der Waals surface area contributed by atoms with Crippen LogP contribution in [0.1, 0.15) is 136 Å². The zero-order valence-electron chi connectivity index (χ0n) is 30.9. The molecule has 0 aliphatic rings. The standard InChI is InChI=1S/C41H66N2O7/c1-3-5-7-9-11-13-14-15-16-17-18-19-21-23-29-33-40(47)50-36(30-26-22-20-12-10-8-6-4-2)31-27-24-25-28-32-38(45)42-34-39(46)43-37(35-44)41(48)49/h5,7,11-13,15-16,18-20,26,30,36-37,44H,3-4,6,8-10,14,17,21-25,27-29,31-35H2,1-2H3,(H,42,45)(H,43,46)(H,48,49)/b7-5-,13-11-,16-15-,19-18-,20-12-,30-26-. The fraction of sp³-hybridized carbons (Fsp3) is 0.610. The molecule has 0 aromatic rings. The lowest BCUT2D eigenvalue weighted by Gasteiger charge is -2.14. The Morgan fingerprint density at radius 3 is 1.80 bits per heavy atom. The van der Waals surface area contributed by atoms with E-state index in [2.05, 4.69) is 91.3 Å². The Balaban J connectivity index is 4.44. The summed E-state index contributed by atoms with van der Waals surface area (Å²) in [5.41, 5.74) is 0. The predicted molar refractivity (Wildman–Crippen MR) is 203 cm³/mol. The first-order valence-corrected chi connectivity index (χ1v) is 18.8. The van der Waals surface area contributed by atoms with E-state index in [-0.39, 0.29) is 30.9 Å². The van der Waals surface area contributed by atoms with Gasteiger partial charge in [-0.1, -0.05) is 106 Å². The number of allylic oxidation sites excluding steroid dienone is 11. The molecule has 0 spiro atoms. The van der Waals surface area contributed by atoms with Gasteiger partial charge in [0.2, 0.25) is 11.8 Å². The summed E-state index contributed by atoms with van der Waals surface area (Å²) in [6.45, 7) is 3.26. The Morgan fingerprint density at radius 1 is 0.640 bits per heavy atom. The van der Waals surface area contributed by atoms with E-state index in [4.69, 9.17) is 14.9 Å². The molecule has 2 atom stereocenters. The fourth-order valence-corrected chi connectivity index (χ4v) is 4.77. The quantitative estimate of drug-likeness (QED) is 0.0314. The van der Waals surface area contributed by atoms with Gasteiger partial charge in [0.05, 0.1) is 13.2 Å². The smallest absolute Gasteiger partial charge is 0.328 e. The number of ether oxygens (including phenoxy) is 1. The molecule has 0 fully saturated rings. The second-order valence-electron chi connectivity index (χ2n) is 12.3. The molecule has 0 aromatic carbocycles. The highest BCUT2D eigenvalue weighted by molar-refractivity contribution is 5.87. The molecule has 0 saturated carbocycles. The van der Waals surface area contributed by atoms with E-state index in [0.717, 1.165) is 77.0 Å². The van der Waals surface area contributed by atoms with E-state index in [0.29, 0.717) is 19.3 Å². The third-order valence-electron chi connectivity index (χ3n) is 7.67. The topological polar surface area (TPSA) is 142 Å². The van der Waals surface area contributed by atoms with E-state index in [9.17, 15) is 19.2 Å². The number of hydrogen-bond donors (Lipinski definition) is 4. The summed E-state index contributed by atoms with van der Waals surface area (Å²) < 4.78 is 5.84. The molecule has 0 radical (unpaired) electrons. The molecular weight excluding hydrogens is 632 g/mol. The molecule has 0 rings (SSSR count). The number of nitrogens with one attached hydrogen (secondary N) is 2. The zero-order chi connectivity index (χ0) is 36.9. The molecule has 50 heavy (non-hydrogen) atoms. The van der Waals surface area contributed by atoms with Gasteiger partial charge in [-0.05, 0) is 89.5 Å². The van der Waals surface area contributed by atoms with Crippen molar-refractivity contribution < 1.29 is 34.1 Å². The van der Waals surface area contributed by atoms with Crippen molar-refractivity contribution in [2.75, 3.05) is 13.2 Å². The van der Waals surface area contributed by atoms with Crippen molar-refractivity contribution in [3.8, 4) is 0 Å². The summed E-state index contributed by atoms with van der Waals surface area (Å²) in [5, 5.41) is 22.5. The largest absolute Gasteiger partial charge is 0.480 e. The Morgan fingerprint density at radius 2 is 1.20 bits per heavy atom. The summed E-state index contributed by atoms with van der Waals surface area (Å²) in [6, 6.07) is -1.40. The molecule has 0 heterocycles. The number of aliphatic hydroxyl groups excluding tert-OH is 1. The van der Waals surface area contributed by atoms with Gasteiger partial charge >= 0.3 is 11.9 Å². The van der Waals surface area contributed by atoms with Gasteiger partial charge in [-0.2, -0.15) is 0 Å². The van der Waals surface area contributed by atoms with E-state index in [1.807, 2.05) is 6.08 Å². The van der Waals surface area contributed by atoms with Crippen LogP contribution in [-0.2, 0) is 23.9 Å². The highest BCUT2D eigenvalue weighted by Gasteiger charge is 2.18. The second-order valence-corrected chi connectivity index (χ2v) is 12.3. The molecule has 0 aliphatic heterocycles. The number of aliphatic hydroxyl groups is 1. The molecule has 0 aliphatic carbocycles. The summed E-state index contributed by atoms with van der Waals surface area (Å²) in [5.74, 6) is -2.49. The minimum absolute atomic E-state index is 0.172. The number of hydrogen-bond acceptors (Lipinski definition) is 6. The van der Waals surface area contributed by atoms with E-state index >= 15 is 0 Å². The van der Waals surface area contributed by atoms with Crippen LogP contribution in [0.25, 0.3) is 0 Å². The molecule has 9 nitrogen and oxygen atoms in total. The Bertz CT molecular complexity index is 1070. The molecule has 9 heteroatoms. The molecule has 0 saturated heterocycles. The van der Waals surface area contributed by atoms with Crippen LogP contribution in [0, 0.1) is 0 Å². The van der Waals surface area contributed by atoms with Gasteiger partial charge in [0, 0.05) is 12.8 Å². The maximum atomic E-state index is 12.6. The number of carboxylic acid groups (broad SMARTS) is 1. The lowest BCUT2D eigenvalue weighted by atomic mass is 10.1. The lowest BCUT2D eigenvalue weighted by Crippen LogP contribution is -2.47. The number of carbonyl (C=O) groups is 4. The first-order chi connectivity index (χ1) is 24.3. The number of aliphatic carboxylic acids is 1. The lowest BCUT2D eigenvalue weighted by molar-refractivity contribution is -0.147. The molecule has 2 unspecified atom stereocenters. The van der Waals surface area contributed by atoms with Crippen molar-refractivity contribution in [1.29, 1.82) is 0 Å². The average Bonchev–Trinajstić information content (AvgIpc) is 3.10. The summed E-state index contributed by atoms with van der Waals surface area (Å²) in [4.78, 5) is 47.3. The fourth-order valence-electron chi connectivity index (χ4n) is 4.77. The average molecular weight is 699 g/mol. The van der Waals surface area contributed by atoms with E-state index < -0.39 is 24.5 Å². The minimum atomic E-state index is -1.40. The summed E-state index contributed by atoms with van der Waals surface area (Å²) >= 11 is 0. The maximum Gasteiger partial charge on any atom is 0.328 e. The van der Waals surface area contributed by atoms with Gasteiger partial charge < -0.3 is 25.6 Å². The van der Waals surface area contributed by atoms with Crippen LogP contribution in [0.5, 0.6) is 0 Å². The van der Waals surface area contributed by atoms with Gasteiger partial charge in [-0.15, -0.1) is 0 Å². The van der Waals surface area contributed by atoms with Crippen LogP contribution in [0.3, 0.4) is 0 Å². The molecule has 4 N–H and O–H groups in total. The van der Waals surface area contributed by atoms with Gasteiger partial charge in [0.1, 0.15) is 12.1 Å². The highest BCUT2D eigenvalue weighted by Crippen LogP contribution is 2.14. The highest BCUT2D eigenvalue weighted by atomic mass is 16.5. The minimum Gasteiger partial charge on any atom is -0.480 e. The molecule has 0 aromatic heterocycles. The Kier molecular flexibility index (Phi) is 32.5. The van der Waals surface area contributed by atoms with Crippen molar-refractivity contribution in [3.05, 3.63) is 72.9 Å². The van der Waals surface area contributed by atoms with Gasteiger partial charge in [-0.3, -0.25) is 14.4 Å². The van der Waals surface area contributed by atoms with Crippen molar-refractivity contribution >= 4 is 23.8 Å². The normalized spacial score (nSPS) is 13.3. The van der Waals surface area contributed by atoms with Crippen LogP contribution in [-0.4, -0.2) is 59.3 Å². The van der Waals surface area contributed by atoms with Crippen molar-refractivity contribution in [3.63, 3.8) is 0 Å². The summed E-state index contributed by atoms with van der Waals surface area (Å²) in [6.07, 6.45) is 42.3. The maximum absolute atomic E-state index is 12.6. The number of carboxylic acids is 1. The predicted octanol–water partition coefficient (Wildman–Crippen LogP) is 8.37. The molecular formula is C41H66N2O7. The molecule has 2 amide bonds. The number of amides is 2. The van der Waals surface area contributed by atoms with Gasteiger partial charge in [0.15, 0.2) is 0 Å². The monoisotopic (exact) mass is 698 g/mol. The first kappa shape index (κ1) is 46.3. The number of esters is 1. The van der Waals surface area contributed by atoms with Crippen LogP contribution in [0.2, 0.25) is 0 Å². The van der Waals surface area contributed by atoms with E-state index in [1.54, 1.807) is 0 Å². The van der Waals surface area contributed by atoms with Crippen LogP contribution in [0.15, 0.2) is 72.9 Å². The van der Waals surface area contributed by atoms with Gasteiger partial charge in [0.25, 0.3) is 0 Å². The third kappa shape index (κ3) is 31.5. The van der Waals surface area contributed by atoms with Gasteiger partial charge in [-0.25, -0.2) is 4.79 Å². The van der Waals surface area contributed by atoms with Crippen LogP contribution in [0.4, 0.5) is 0 Å². The van der Waals surface area contributed by atoms with Crippen molar-refractivity contribution in [2.45, 2.75) is 148 Å². The Labute approximate surface area is 302 Å². The molecule has 0 bridgehead atoms. The number of rotatable bonds is 32. The first-order valence-electron chi connectivity index (χ1n) is 18.8. The second kappa shape index (κ2) is 35.1. The number of unbranched alkanes of at least 4 members (excludes halogenated alkanes) is 8. The van der Waals surface area contributed by atoms with Crippen molar-refractivity contribution in [1.82, 2.24) is 10.6 Å². The third-order valence-corrected chi connectivity index (χ3v) is 7.67. The summed E-state index contributed by atoms with van der Waals surface area (Å²) in [7, 11) is 0. The van der Waals surface area contributed by atoms with Crippen LogP contribution >= 0.6 is 0 Å². The Hall–Kier alpha value is -3.72. The molecule has 282 valence electrons. The zero-order valence-corrected chi connectivity index (χ0v) is 30.9. The number of carbonyl (C=O) groups excluding carboxylic acids is 3. The van der Waals surface area contributed by atoms with Crippen molar-refractivity contribution in [2.24, 2.45) is 0 Å². The van der Waals surface area contributed by atoms with E-state index in [1.165, 1.54) is 19.3 Å². The van der Waals surface area contributed by atoms with Crippen LogP contribution < -0.4 is 10.6 Å².